The minimum Gasteiger partial charge on any atom is -0.484 e. The van der Waals surface area contributed by atoms with Crippen LogP contribution in [0.4, 0.5) is 5.69 Å². The second-order valence-corrected chi connectivity index (χ2v) is 5.33. The Morgan fingerprint density at radius 1 is 1.16 bits per heavy atom. The van der Waals surface area contributed by atoms with E-state index in [4.69, 9.17) is 10.00 Å². The smallest absolute Gasteiger partial charge is 0.262 e. The van der Waals surface area contributed by atoms with Crippen LogP contribution >= 0.6 is 0 Å². The molecule has 6 heteroatoms. The Kier molecular flexibility index (Phi) is 5.07. The Labute approximate surface area is 145 Å². The van der Waals surface area contributed by atoms with Gasteiger partial charge in [-0.2, -0.15) is 5.26 Å². The van der Waals surface area contributed by atoms with Crippen molar-refractivity contribution in [2.45, 2.75) is 6.42 Å². The van der Waals surface area contributed by atoms with Crippen molar-refractivity contribution >= 4 is 11.6 Å². The van der Waals surface area contributed by atoms with Gasteiger partial charge in [-0.05, 0) is 42.0 Å². The van der Waals surface area contributed by atoms with Crippen LogP contribution < -0.4 is 10.1 Å². The molecule has 0 saturated heterocycles. The van der Waals surface area contributed by atoms with E-state index in [1.807, 2.05) is 47.2 Å². The zero-order valence-corrected chi connectivity index (χ0v) is 13.4. The standard InChI is InChI=1S/C19H16N4O2/c20-10-9-15-1-7-18(8-2-15)25-13-19(24)22-16-3-5-17(6-4-16)23-12-11-21-14-23/h1-8,11-12,14H,9,13H2,(H,22,24). The maximum atomic E-state index is 12.0. The van der Waals surface area contributed by atoms with Crippen molar-refractivity contribution in [2.75, 3.05) is 11.9 Å². The molecule has 6 nitrogen and oxygen atoms in total. The van der Waals surface area contributed by atoms with Gasteiger partial charge in [-0.15, -0.1) is 0 Å². The summed E-state index contributed by atoms with van der Waals surface area (Å²) in [6.07, 6.45) is 5.63. The molecule has 0 saturated carbocycles. The summed E-state index contributed by atoms with van der Waals surface area (Å²) in [4.78, 5) is 16.0. The molecule has 1 N–H and O–H groups in total. The first kappa shape index (κ1) is 16.3. The first-order valence-electron chi connectivity index (χ1n) is 7.71. The maximum Gasteiger partial charge on any atom is 0.262 e. The molecule has 0 unspecified atom stereocenters. The minimum absolute atomic E-state index is 0.0825. The van der Waals surface area contributed by atoms with E-state index in [9.17, 15) is 4.79 Å². The molecule has 124 valence electrons. The Hall–Kier alpha value is -3.59. The molecule has 0 bridgehead atoms. The van der Waals surface area contributed by atoms with Gasteiger partial charge in [0.05, 0.1) is 18.8 Å². The number of hydrogen-bond donors (Lipinski definition) is 1. The van der Waals surface area contributed by atoms with Gasteiger partial charge in [-0.3, -0.25) is 4.79 Å². The fourth-order valence-corrected chi connectivity index (χ4v) is 2.27. The highest BCUT2D eigenvalue weighted by Gasteiger charge is 2.04. The summed E-state index contributed by atoms with van der Waals surface area (Å²) in [7, 11) is 0. The maximum absolute atomic E-state index is 12.0. The van der Waals surface area contributed by atoms with Crippen LogP contribution in [0.25, 0.3) is 5.69 Å². The summed E-state index contributed by atoms with van der Waals surface area (Å²) >= 11 is 0. The number of nitrogens with one attached hydrogen (secondary N) is 1. The molecule has 25 heavy (non-hydrogen) atoms. The number of aromatic nitrogens is 2. The number of anilines is 1. The zero-order chi connectivity index (χ0) is 17.5. The molecule has 0 spiro atoms. The van der Waals surface area contributed by atoms with Gasteiger partial charge in [0.25, 0.3) is 5.91 Å². The summed E-state index contributed by atoms with van der Waals surface area (Å²) in [5.41, 5.74) is 2.57. The second-order valence-electron chi connectivity index (χ2n) is 5.33. The van der Waals surface area contributed by atoms with Crippen molar-refractivity contribution < 1.29 is 9.53 Å². The van der Waals surface area contributed by atoms with Crippen molar-refractivity contribution in [2.24, 2.45) is 0 Å². The lowest BCUT2D eigenvalue weighted by Crippen LogP contribution is -2.20. The topological polar surface area (TPSA) is 79.9 Å². The Balaban J connectivity index is 1.51. The molecule has 1 heterocycles. The number of benzene rings is 2. The van der Waals surface area contributed by atoms with Crippen LogP contribution in [0.1, 0.15) is 5.56 Å². The third-order valence-electron chi connectivity index (χ3n) is 3.53. The molecule has 3 rings (SSSR count). The van der Waals surface area contributed by atoms with Crippen LogP contribution in [0, 0.1) is 11.3 Å². The quantitative estimate of drug-likeness (QED) is 0.752. The van der Waals surface area contributed by atoms with E-state index < -0.39 is 0 Å². The zero-order valence-electron chi connectivity index (χ0n) is 13.4. The van der Waals surface area contributed by atoms with E-state index in [0.29, 0.717) is 17.9 Å². The molecule has 0 aliphatic rings. The molecular formula is C19H16N4O2. The van der Waals surface area contributed by atoms with Crippen molar-refractivity contribution in [3.8, 4) is 17.5 Å². The molecule has 0 atom stereocenters. The molecule has 3 aromatic rings. The molecule has 1 amide bonds. The van der Waals surface area contributed by atoms with E-state index in [1.165, 1.54) is 0 Å². The number of nitrogens with zero attached hydrogens (tertiary/aromatic N) is 3. The summed E-state index contributed by atoms with van der Waals surface area (Å²) in [5, 5.41) is 11.4. The number of carbonyl (C=O) groups is 1. The largest absolute Gasteiger partial charge is 0.484 e. The van der Waals surface area contributed by atoms with Crippen molar-refractivity contribution in [1.29, 1.82) is 5.26 Å². The Morgan fingerprint density at radius 3 is 2.56 bits per heavy atom. The highest BCUT2D eigenvalue weighted by Crippen LogP contribution is 2.14. The van der Waals surface area contributed by atoms with Gasteiger partial charge >= 0.3 is 0 Å². The van der Waals surface area contributed by atoms with Crippen LogP contribution in [0.5, 0.6) is 5.75 Å². The van der Waals surface area contributed by atoms with E-state index >= 15 is 0 Å². The third kappa shape index (κ3) is 4.45. The SMILES string of the molecule is N#CCc1ccc(OCC(=O)Nc2ccc(-n3ccnc3)cc2)cc1. The Morgan fingerprint density at radius 2 is 1.92 bits per heavy atom. The number of nitriles is 1. The number of imidazole rings is 1. The summed E-state index contributed by atoms with van der Waals surface area (Å²) in [6, 6.07) is 16.6. The van der Waals surface area contributed by atoms with Crippen LogP contribution in [-0.2, 0) is 11.2 Å². The molecule has 0 radical (unpaired) electrons. The first-order chi connectivity index (χ1) is 12.2. The van der Waals surface area contributed by atoms with E-state index in [2.05, 4.69) is 16.4 Å². The van der Waals surface area contributed by atoms with Gasteiger partial charge in [0, 0.05) is 23.8 Å². The molecular weight excluding hydrogens is 316 g/mol. The minimum atomic E-state index is -0.239. The highest BCUT2D eigenvalue weighted by atomic mass is 16.5. The van der Waals surface area contributed by atoms with Crippen LogP contribution in [-0.4, -0.2) is 22.1 Å². The second kappa shape index (κ2) is 7.79. The monoisotopic (exact) mass is 332 g/mol. The third-order valence-corrected chi connectivity index (χ3v) is 3.53. The van der Waals surface area contributed by atoms with Gasteiger partial charge < -0.3 is 14.6 Å². The van der Waals surface area contributed by atoms with Crippen molar-refractivity contribution in [3.05, 3.63) is 72.8 Å². The van der Waals surface area contributed by atoms with E-state index in [0.717, 1.165) is 11.3 Å². The van der Waals surface area contributed by atoms with Gasteiger partial charge in [-0.1, -0.05) is 12.1 Å². The summed E-state index contributed by atoms with van der Waals surface area (Å²) in [5.74, 6) is 0.351. The lowest BCUT2D eigenvalue weighted by Gasteiger charge is -2.09. The highest BCUT2D eigenvalue weighted by molar-refractivity contribution is 5.91. The average molecular weight is 332 g/mol. The number of rotatable bonds is 6. The number of hydrogen-bond acceptors (Lipinski definition) is 4. The number of amides is 1. The predicted octanol–water partition coefficient (Wildman–Crippen LogP) is 2.96. The fraction of sp³-hybridized carbons (Fsp3) is 0.105. The predicted molar refractivity (Wildman–Crippen MR) is 93.4 cm³/mol. The van der Waals surface area contributed by atoms with Gasteiger partial charge in [0.1, 0.15) is 5.75 Å². The average Bonchev–Trinajstić information content (AvgIpc) is 3.17. The first-order valence-corrected chi connectivity index (χ1v) is 7.71. The van der Waals surface area contributed by atoms with Crippen LogP contribution in [0.2, 0.25) is 0 Å². The van der Waals surface area contributed by atoms with E-state index in [1.54, 1.807) is 24.7 Å². The lowest BCUT2D eigenvalue weighted by molar-refractivity contribution is -0.118. The lowest BCUT2D eigenvalue weighted by atomic mass is 10.2. The van der Waals surface area contributed by atoms with Crippen molar-refractivity contribution in [1.82, 2.24) is 9.55 Å². The summed E-state index contributed by atoms with van der Waals surface area (Å²) < 4.78 is 7.33. The van der Waals surface area contributed by atoms with Crippen LogP contribution in [0.15, 0.2) is 67.3 Å². The summed E-state index contributed by atoms with van der Waals surface area (Å²) in [6.45, 7) is -0.0825. The molecule has 0 aliphatic heterocycles. The molecule has 1 aromatic heterocycles. The van der Waals surface area contributed by atoms with Gasteiger partial charge in [-0.25, -0.2) is 4.98 Å². The van der Waals surface area contributed by atoms with Gasteiger partial charge in [0.15, 0.2) is 6.61 Å². The molecule has 0 aliphatic carbocycles. The van der Waals surface area contributed by atoms with Gasteiger partial charge in [0.2, 0.25) is 0 Å². The Bertz CT molecular complexity index is 863. The normalized spacial score (nSPS) is 10.0. The van der Waals surface area contributed by atoms with E-state index in [-0.39, 0.29) is 12.5 Å². The fourth-order valence-electron chi connectivity index (χ4n) is 2.27. The van der Waals surface area contributed by atoms with Crippen LogP contribution in [0.3, 0.4) is 0 Å². The molecule has 0 fully saturated rings. The van der Waals surface area contributed by atoms with Crippen molar-refractivity contribution in [3.63, 3.8) is 0 Å². The number of carbonyl (C=O) groups excluding carboxylic acids is 1. The molecule has 2 aromatic carbocycles. The number of ether oxygens (including phenoxy) is 1.